The molecule has 78 valence electrons. The molecule has 1 amide bonds. The molecule has 5 heteroatoms. The molecule has 1 aromatic heterocycles. The van der Waals surface area contributed by atoms with E-state index < -0.39 is 0 Å². The molecule has 1 atom stereocenters. The summed E-state index contributed by atoms with van der Waals surface area (Å²) in [5.74, 6) is -0.00625. The highest BCUT2D eigenvalue weighted by Crippen LogP contribution is 2.04. The van der Waals surface area contributed by atoms with Crippen molar-refractivity contribution in [1.29, 1.82) is 0 Å². The van der Waals surface area contributed by atoms with Crippen molar-refractivity contribution < 1.29 is 4.79 Å². The molecular formula is C9H14BrN3O. The number of amides is 1. The van der Waals surface area contributed by atoms with E-state index in [0.717, 1.165) is 11.3 Å². The van der Waals surface area contributed by atoms with Crippen LogP contribution in [0.4, 0.5) is 0 Å². The van der Waals surface area contributed by atoms with E-state index >= 15 is 0 Å². The Balaban J connectivity index is 2.54. The molecule has 4 nitrogen and oxygen atoms in total. The van der Waals surface area contributed by atoms with Crippen molar-refractivity contribution in [3.63, 3.8) is 0 Å². The molecular weight excluding hydrogens is 246 g/mol. The first-order valence-electron chi connectivity index (χ1n) is 4.41. The molecule has 1 N–H and O–H groups in total. The second kappa shape index (κ2) is 4.59. The lowest BCUT2D eigenvalue weighted by molar-refractivity contribution is -0.120. The normalized spacial score (nSPS) is 12.6. The van der Waals surface area contributed by atoms with Gasteiger partial charge in [-0.25, -0.2) is 0 Å². The molecule has 0 radical (unpaired) electrons. The number of alkyl halides is 1. The van der Waals surface area contributed by atoms with Crippen LogP contribution in [0.1, 0.15) is 18.2 Å². The lowest BCUT2D eigenvalue weighted by Crippen LogP contribution is -2.28. The highest BCUT2D eigenvalue weighted by Gasteiger charge is 2.09. The van der Waals surface area contributed by atoms with Crippen molar-refractivity contribution in [3.8, 4) is 0 Å². The number of halogens is 1. The predicted octanol–water partition coefficient (Wildman–Crippen LogP) is 1.13. The van der Waals surface area contributed by atoms with Crippen molar-refractivity contribution in [2.45, 2.75) is 25.2 Å². The fourth-order valence-corrected chi connectivity index (χ4v) is 1.31. The van der Waals surface area contributed by atoms with Gasteiger partial charge in [0.15, 0.2) is 0 Å². The molecule has 1 rings (SSSR count). The van der Waals surface area contributed by atoms with Crippen LogP contribution in [-0.4, -0.2) is 20.5 Å². The van der Waals surface area contributed by atoms with Gasteiger partial charge in [-0.2, -0.15) is 5.10 Å². The Labute approximate surface area is 91.8 Å². The molecule has 0 aromatic carbocycles. The highest BCUT2D eigenvalue weighted by atomic mass is 79.9. The topological polar surface area (TPSA) is 46.9 Å². The molecule has 1 unspecified atom stereocenters. The van der Waals surface area contributed by atoms with Crippen molar-refractivity contribution in [2.24, 2.45) is 7.05 Å². The van der Waals surface area contributed by atoms with Crippen molar-refractivity contribution in [2.75, 3.05) is 0 Å². The fourth-order valence-electron chi connectivity index (χ4n) is 1.15. The van der Waals surface area contributed by atoms with Gasteiger partial charge >= 0.3 is 0 Å². The number of hydrogen-bond donors (Lipinski definition) is 1. The van der Waals surface area contributed by atoms with Crippen LogP contribution in [0.3, 0.4) is 0 Å². The Bertz CT molecular complexity index is 333. The average molecular weight is 260 g/mol. The molecule has 0 aliphatic rings. The van der Waals surface area contributed by atoms with Crippen LogP contribution in [0.5, 0.6) is 0 Å². The quantitative estimate of drug-likeness (QED) is 0.828. The van der Waals surface area contributed by atoms with E-state index in [1.54, 1.807) is 11.6 Å². The smallest absolute Gasteiger partial charge is 0.233 e. The number of rotatable bonds is 3. The van der Waals surface area contributed by atoms with Gasteiger partial charge in [0.1, 0.15) is 0 Å². The molecule has 0 aliphatic carbocycles. The van der Waals surface area contributed by atoms with Gasteiger partial charge in [0.2, 0.25) is 5.91 Å². The maximum absolute atomic E-state index is 11.2. The van der Waals surface area contributed by atoms with Gasteiger partial charge in [0.05, 0.1) is 10.5 Å². The number of hydrogen-bond acceptors (Lipinski definition) is 2. The van der Waals surface area contributed by atoms with E-state index in [9.17, 15) is 4.79 Å². The Morgan fingerprint density at radius 1 is 1.79 bits per heavy atom. The number of nitrogens with one attached hydrogen (secondary N) is 1. The van der Waals surface area contributed by atoms with E-state index in [0.29, 0.717) is 6.54 Å². The number of nitrogens with zero attached hydrogens (tertiary/aromatic N) is 2. The number of carbonyl (C=O) groups is 1. The Kier molecular flexibility index (Phi) is 3.69. The first-order valence-corrected chi connectivity index (χ1v) is 5.33. The van der Waals surface area contributed by atoms with E-state index in [-0.39, 0.29) is 10.7 Å². The standard InChI is InChI=1S/C9H14BrN3O/c1-6(10)9(14)11-4-8-5-13(3)12-7(8)2/h5-6H,4H2,1-3H3,(H,11,14). The van der Waals surface area contributed by atoms with E-state index in [1.165, 1.54) is 0 Å². The maximum atomic E-state index is 11.2. The maximum Gasteiger partial charge on any atom is 0.233 e. The van der Waals surface area contributed by atoms with Gasteiger partial charge in [-0.1, -0.05) is 15.9 Å². The van der Waals surface area contributed by atoms with Crippen LogP contribution in [0.25, 0.3) is 0 Å². The summed E-state index contributed by atoms with van der Waals surface area (Å²) in [6, 6.07) is 0. The molecule has 0 fully saturated rings. The minimum absolute atomic E-state index is 0.00625. The SMILES string of the molecule is Cc1nn(C)cc1CNC(=O)C(C)Br. The second-order valence-corrected chi connectivity index (χ2v) is 4.62. The van der Waals surface area contributed by atoms with Crippen LogP contribution >= 0.6 is 15.9 Å². The predicted molar refractivity (Wildman–Crippen MR) is 58.2 cm³/mol. The van der Waals surface area contributed by atoms with E-state index in [1.807, 2.05) is 20.2 Å². The third-order valence-electron chi connectivity index (χ3n) is 1.93. The van der Waals surface area contributed by atoms with Crippen LogP contribution < -0.4 is 5.32 Å². The molecule has 0 saturated heterocycles. The lowest BCUT2D eigenvalue weighted by atomic mass is 10.2. The van der Waals surface area contributed by atoms with Gasteiger partial charge in [-0.3, -0.25) is 9.48 Å². The van der Waals surface area contributed by atoms with Crippen molar-refractivity contribution in [1.82, 2.24) is 15.1 Å². The number of carbonyl (C=O) groups excluding carboxylic acids is 1. The van der Waals surface area contributed by atoms with Crippen LogP contribution in [-0.2, 0) is 18.4 Å². The monoisotopic (exact) mass is 259 g/mol. The summed E-state index contributed by atoms with van der Waals surface area (Å²) in [5, 5.41) is 7.00. The molecule has 0 spiro atoms. The first kappa shape index (κ1) is 11.2. The molecule has 1 aromatic rings. The summed E-state index contributed by atoms with van der Waals surface area (Å²) in [6.07, 6.45) is 1.91. The van der Waals surface area contributed by atoms with Crippen molar-refractivity contribution >= 4 is 21.8 Å². The average Bonchev–Trinajstić information content (AvgIpc) is 2.40. The van der Waals surface area contributed by atoms with Gasteiger partial charge < -0.3 is 5.32 Å². The summed E-state index contributed by atoms with van der Waals surface area (Å²) in [7, 11) is 1.87. The Morgan fingerprint density at radius 3 is 2.86 bits per heavy atom. The second-order valence-electron chi connectivity index (χ2n) is 3.25. The third kappa shape index (κ3) is 2.83. The summed E-state index contributed by atoms with van der Waals surface area (Å²) < 4.78 is 1.74. The summed E-state index contributed by atoms with van der Waals surface area (Å²) in [4.78, 5) is 11.1. The van der Waals surface area contributed by atoms with Gasteiger partial charge in [-0.15, -0.1) is 0 Å². The summed E-state index contributed by atoms with van der Waals surface area (Å²) in [6.45, 7) is 4.26. The number of aromatic nitrogens is 2. The van der Waals surface area contributed by atoms with Crippen LogP contribution in [0.15, 0.2) is 6.20 Å². The zero-order valence-corrected chi connectivity index (χ0v) is 10.1. The van der Waals surface area contributed by atoms with Gasteiger partial charge in [-0.05, 0) is 13.8 Å². The summed E-state index contributed by atoms with van der Waals surface area (Å²) >= 11 is 3.20. The van der Waals surface area contributed by atoms with Gasteiger partial charge in [0.25, 0.3) is 0 Å². The third-order valence-corrected chi connectivity index (χ3v) is 2.35. The number of aryl methyl sites for hydroxylation is 2. The van der Waals surface area contributed by atoms with Crippen molar-refractivity contribution in [3.05, 3.63) is 17.5 Å². The minimum atomic E-state index is -0.153. The molecule has 0 aliphatic heterocycles. The molecule has 14 heavy (non-hydrogen) atoms. The zero-order valence-electron chi connectivity index (χ0n) is 8.54. The first-order chi connectivity index (χ1) is 6.50. The molecule has 0 bridgehead atoms. The summed E-state index contributed by atoms with van der Waals surface area (Å²) in [5.41, 5.74) is 2.00. The molecule has 0 saturated carbocycles. The van der Waals surface area contributed by atoms with Crippen LogP contribution in [0, 0.1) is 6.92 Å². The molecule has 1 heterocycles. The Hall–Kier alpha value is -0.840. The fraction of sp³-hybridized carbons (Fsp3) is 0.556. The largest absolute Gasteiger partial charge is 0.351 e. The Morgan fingerprint density at radius 2 is 2.43 bits per heavy atom. The lowest BCUT2D eigenvalue weighted by Gasteiger charge is -2.05. The highest BCUT2D eigenvalue weighted by molar-refractivity contribution is 9.10. The van der Waals surface area contributed by atoms with E-state index in [2.05, 4.69) is 26.3 Å². The van der Waals surface area contributed by atoms with E-state index in [4.69, 9.17) is 0 Å². The minimum Gasteiger partial charge on any atom is -0.351 e. The van der Waals surface area contributed by atoms with Crippen LogP contribution in [0.2, 0.25) is 0 Å². The van der Waals surface area contributed by atoms with Gasteiger partial charge in [0, 0.05) is 25.4 Å². The zero-order chi connectivity index (χ0) is 10.7.